The zero-order valence-corrected chi connectivity index (χ0v) is 9.05. The number of hydrogen-bond donors (Lipinski definition) is 2. The molecule has 0 aromatic heterocycles. The second kappa shape index (κ2) is 5.61. The molecule has 3 unspecified atom stereocenters. The van der Waals surface area contributed by atoms with E-state index in [1.165, 1.54) is 19.3 Å². The van der Waals surface area contributed by atoms with Gasteiger partial charge in [-0.1, -0.05) is 13.8 Å². The van der Waals surface area contributed by atoms with E-state index < -0.39 is 0 Å². The van der Waals surface area contributed by atoms with Crippen molar-refractivity contribution in [3.63, 3.8) is 0 Å². The van der Waals surface area contributed by atoms with Crippen molar-refractivity contribution >= 4 is 0 Å². The quantitative estimate of drug-likeness (QED) is 0.653. The molecule has 0 saturated heterocycles. The molecule has 1 rings (SSSR count). The lowest BCUT2D eigenvalue weighted by atomic mass is 9.79. The minimum Gasteiger partial charge on any atom is -0.330 e. The topological polar surface area (TPSA) is 38.0 Å². The molecule has 0 radical (unpaired) electrons. The van der Waals surface area contributed by atoms with Crippen LogP contribution in [0.2, 0.25) is 0 Å². The minimum absolute atomic E-state index is 0.762. The summed E-state index contributed by atoms with van der Waals surface area (Å²) in [4.78, 5) is 0. The van der Waals surface area contributed by atoms with E-state index in [0.29, 0.717) is 0 Å². The lowest BCUT2D eigenvalue weighted by Crippen LogP contribution is -2.37. The molecule has 2 nitrogen and oxygen atoms in total. The summed E-state index contributed by atoms with van der Waals surface area (Å²) in [6, 6.07) is 0.762. The van der Waals surface area contributed by atoms with Crippen LogP contribution < -0.4 is 11.1 Å². The number of nitrogens with two attached hydrogens (primary N) is 1. The van der Waals surface area contributed by atoms with Gasteiger partial charge in [-0.25, -0.2) is 0 Å². The predicted molar refractivity (Wildman–Crippen MR) is 57.6 cm³/mol. The second-order valence-electron chi connectivity index (χ2n) is 4.56. The van der Waals surface area contributed by atoms with Crippen molar-refractivity contribution in [1.82, 2.24) is 5.32 Å². The van der Waals surface area contributed by atoms with Crippen molar-refractivity contribution in [2.75, 3.05) is 13.1 Å². The molecule has 0 aromatic carbocycles. The molecule has 1 saturated carbocycles. The molecule has 0 spiro atoms. The van der Waals surface area contributed by atoms with Crippen LogP contribution in [0.5, 0.6) is 0 Å². The second-order valence-corrected chi connectivity index (χ2v) is 4.56. The van der Waals surface area contributed by atoms with Crippen molar-refractivity contribution in [1.29, 1.82) is 0 Å². The van der Waals surface area contributed by atoms with Crippen LogP contribution in [0.3, 0.4) is 0 Å². The largest absolute Gasteiger partial charge is 0.330 e. The number of rotatable bonds is 4. The molecule has 1 aliphatic rings. The summed E-state index contributed by atoms with van der Waals surface area (Å²) >= 11 is 0. The summed E-state index contributed by atoms with van der Waals surface area (Å²) in [5, 5.41) is 3.59. The van der Waals surface area contributed by atoms with E-state index in [1.807, 2.05) is 0 Å². The molecule has 13 heavy (non-hydrogen) atoms. The molecule has 0 bridgehead atoms. The van der Waals surface area contributed by atoms with Crippen LogP contribution in [-0.4, -0.2) is 19.1 Å². The van der Waals surface area contributed by atoms with Gasteiger partial charge in [0.25, 0.3) is 0 Å². The van der Waals surface area contributed by atoms with Crippen molar-refractivity contribution < 1.29 is 0 Å². The smallest absolute Gasteiger partial charge is 0.00698 e. The molecule has 0 amide bonds. The Morgan fingerprint density at radius 3 is 2.62 bits per heavy atom. The molecular weight excluding hydrogens is 160 g/mol. The van der Waals surface area contributed by atoms with E-state index in [1.54, 1.807) is 0 Å². The fourth-order valence-electron chi connectivity index (χ4n) is 2.14. The Morgan fingerprint density at radius 2 is 2.00 bits per heavy atom. The molecule has 0 aromatic rings. The maximum Gasteiger partial charge on any atom is 0.00698 e. The van der Waals surface area contributed by atoms with Gasteiger partial charge in [0.15, 0.2) is 0 Å². The molecule has 3 atom stereocenters. The molecule has 0 heterocycles. The first kappa shape index (κ1) is 11.0. The van der Waals surface area contributed by atoms with Crippen LogP contribution >= 0.6 is 0 Å². The van der Waals surface area contributed by atoms with E-state index in [9.17, 15) is 0 Å². The third-order valence-electron chi connectivity index (χ3n) is 3.41. The van der Waals surface area contributed by atoms with Gasteiger partial charge in [-0.2, -0.15) is 0 Å². The Hall–Kier alpha value is -0.0800. The standard InChI is InChI=1S/C11H24N2/c1-9-4-5-11(8-10(9)2)13-7-3-6-12/h9-11,13H,3-8,12H2,1-2H3. The van der Waals surface area contributed by atoms with Gasteiger partial charge in [0, 0.05) is 6.04 Å². The fraction of sp³-hybridized carbons (Fsp3) is 1.00. The first-order valence-electron chi connectivity index (χ1n) is 5.67. The maximum atomic E-state index is 5.45. The Balaban J connectivity index is 2.14. The van der Waals surface area contributed by atoms with Crippen LogP contribution in [0, 0.1) is 11.8 Å². The third-order valence-corrected chi connectivity index (χ3v) is 3.41. The van der Waals surface area contributed by atoms with Gasteiger partial charge in [-0.3, -0.25) is 0 Å². The molecule has 2 heteroatoms. The van der Waals surface area contributed by atoms with Crippen LogP contribution in [0.15, 0.2) is 0 Å². The monoisotopic (exact) mass is 184 g/mol. The van der Waals surface area contributed by atoms with Gasteiger partial charge in [0.2, 0.25) is 0 Å². The third kappa shape index (κ3) is 3.65. The first-order valence-corrected chi connectivity index (χ1v) is 5.67. The van der Waals surface area contributed by atoms with Crippen molar-refractivity contribution in [3.05, 3.63) is 0 Å². The zero-order valence-electron chi connectivity index (χ0n) is 9.05. The van der Waals surface area contributed by atoms with E-state index in [2.05, 4.69) is 19.2 Å². The van der Waals surface area contributed by atoms with Gasteiger partial charge >= 0.3 is 0 Å². The van der Waals surface area contributed by atoms with Crippen LogP contribution in [0.4, 0.5) is 0 Å². The molecule has 0 aliphatic heterocycles. The summed E-state index contributed by atoms with van der Waals surface area (Å²) in [5.41, 5.74) is 5.45. The number of hydrogen-bond acceptors (Lipinski definition) is 2. The summed E-state index contributed by atoms with van der Waals surface area (Å²) < 4.78 is 0. The minimum atomic E-state index is 0.762. The molecule has 1 aliphatic carbocycles. The SMILES string of the molecule is CC1CCC(NCCCN)CC1C. The van der Waals surface area contributed by atoms with Gasteiger partial charge in [0.1, 0.15) is 0 Å². The molecule has 78 valence electrons. The highest BCUT2D eigenvalue weighted by Crippen LogP contribution is 2.29. The van der Waals surface area contributed by atoms with Crippen LogP contribution in [0.1, 0.15) is 39.5 Å². The predicted octanol–water partition coefficient (Wildman–Crippen LogP) is 1.75. The van der Waals surface area contributed by atoms with Crippen molar-refractivity contribution in [2.24, 2.45) is 17.6 Å². The Labute approximate surface area is 82.3 Å². The lowest BCUT2D eigenvalue weighted by molar-refractivity contribution is 0.226. The van der Waals surface area contributed by atoms with Gasteiger partial charge < -0.3 is 11.1 Å². The van der Waals surface area contributed by atoms with Gasteiger partial charge in [-0.15, -0.1) is 0 Å². The van der Waals surface area contributed by atoms with E-state index >= 15 is 0 Å². The zero-order chi connectivity index (χ0) is 9.68. The van der Waals surface area contributed by atoms with Crippen LogP contribution in [0.25, 0.3) is 0 Å². The Kier molecular flexibility index (Phi) is 4.74. The van der Waals surface area contributed by atoms with E-state index in [0.717, 1.165) is 37.4 Å². The summed E-state index contributed by atoms with van der Waals surface area (Å²) in [7, 11) is 0. The number of nitrogens with one attached hydrogen (secondary N) is 1. The van der Waals surface area contributed by atoms with Gasteiger partial charge in [0.05, 0.1) is 0 Å². The molecular formula is C11H24N2. The Morgan fingerprint density at radius 1 is 1.23 bits per heavy atom. The van der Waals surface area contributed by atoms with Crippen LogP contribution in [-0.2, 0) is 0 Å². The van der Waals surface area contributed by atoms with E-state index in [4.69, 9.17) is 5.73 Å². The van der Waals surface area contributed by atoms with Crippen molar-refractivity contribution in [3.8, 4) is 0 Å². The maximum absolute atomic E-state index is 5.45. The highest BCUT2D eigenvalue weighted by Gasteiger charge is 2.23. The molecule has 3 N–H and O–H groups in total. The summed E-state index contributed by atoms with van der Waals surface area (Å²) in [6.45, 7) is 6.66. The average Bonchev–Trinajstić information content (AvgIpc) is 2.12. The summed E-state index contributed by atoms with van der Waals surface area (Å²) in [6.07, 6.45) is 5.21. The first-order chi connectivity index (χ1) is 6.24. The molecule has 1 fully saturated rings. The lowest BCUT2D eigenvalue weighted by Gasteiger charge is -2.32. The highest BCUT2D eigenvalue weighted by molar-refractivity contribution is 4.79. The van der Waals surface area contributed by atoms with Crippen molar-refractivity contribution in [2.45, 2.75) is 45.6 Å². The Bertz CT molecular complexity index is 136. The van der Waals surface area contributed by atoms with E-state index in [-0.39, 0.29) is 0 Å². The van der Waals surface area contributed by atoms with Gasteiger partial charge in [-0.05, 0) is 50.6 Å². The average molecular weight is 184 g/mol. The summed E-state index contributed by atoms with van der Waals surface area (Å²) in [5.74, 6) is 1.82. The highest BCUT2D eigenvalue weighted by atomic mass is 14.9. The fourth-order valence-corrected chi connectivity index (χ4v) is 2.14. The normalized spacial score (nSPS) is 34.8.